The zero-order chi connectivity index (χ0) is 13.8. The van der Waals surface area contributed by atoms with Gasteiger partial charge in [0.05, 0.1) is 10.6 Å². The number of hydrogen-bond donors (Lipinski definition) is 2. The maximum atomic E-state index is 11.8. The molecule has 1 aromatic heterocycles. The van der Waals surface area contributed by atoms with E-state index in [0.29, 0.717) is 9.99 Å². The Hall–Kier alpha value is -0.510. The highest BCUT2D eigenvalue weighted by Gasteiger charge is 2.09. The van der Waals surface area contributed by atoms with Gasteiger partial charge in [-0.2, -0.15) is 0 Å². The number of rotatable bonds is 2. The number of halogens is 2. The molecule has 0 fully saturated rings. The third kappa shape index (κ3) is 4.23. The van der Waals surface area contributed by atoms with Crippen LogP contribution in [-0.2, 0) is 0 Å². The number of carbonyl (C=O) groups excluding carboxylic acids is 1. The summed E-state index contributed by atoms with van der Waals surface area (Å²) in [6.45, 7) is 0. The monoisotopic (exact) mass is 466 g/mol. The van der Waals surface area contributed by atoms with Gasteiger partial charge in [-0.3, -0.25) is 10.1 Å². The molecule has 1 amide bonds. The first kappa shape index (κ1) is 14.9. The molecule has 0 saturated heterocycles. The molecule has 0 aliphatic carbocycles. The quantitative estimate of drug-likeness (QED) is 0.513. The third-order valence-corrected chi connectivity index (χ3v) is 4.61. The Bertz CT molecular complexity index is 616. The fourth-order valence-corrected chi connectivity index (χ4v) is 3.58. The standard InChI is InChI=1S/C12H8BrIN2OS2/c13-7-3-4-9(8(14)6-7)15-12(18)16-11(17)10-2-1-5-19-10/h1-6H,(H2,15,16,17,18). The van der Waals surface area contributed by atoms with Gasteiger partial charge in [-0.05, 0) is 64.5 Å². The van der Waals surface area contributed by atoms with Crippen LogP contribution in [-0.4, -0.2) is 11.0 Å². The lowest BCUT2D eigenvalue weighted by Gasteiger charge is -2.10. The summed E-state index contributed by atoms with van der Waals surface area (Å²) in [5.41, 5.74) is 0.861. The molecule has 2 N–H and O–H groups in total. The molecule has 2 aromatic rings. The lowest BCUT2D eigenvalue weighted by Crippen LogP contribution is -2.33. The molecule has 0 atom stereocenters. The van der Waals surface area contributed by atoms with Crippen LogP contribution in [0.3, 0.4) is 0 Å². The normalized spacial score (nSPS) is 10.0. The van der Waals surface area contributed by atoms with Gasteiger partial charge in [0, 0.05) is 8.04 Å². The molecule has 0 saturated carbocycles. The van der Waals surface area contributed by atoms with Crippen molar-refractivity contribution in [3.63, 3.8) is 0 Å². The van der Waals surface area contributed by atoms with Gasteiger partial charge in [-0.15, -0.1) is 11.3 Å². The van der Waals surface area contributed by atoms with Crippen LogP contribution in [0, 0.1) is 3.57 Å². The van der Waals surface area contributed by atoms with Crippen LogP contribution in [0.5, 0.6) is 0 Å². The summed E-state index contributed by atoms with van der Waals surface area (Å²) >= 11 is 12.1. The second kappa shape index (κ2) is 6.78. The van der Waals surface area contributed by atoms with Crippen LogP contribution in [0.25, 0.3) is 0 Å². The van der Waals surface area contributed by atoms with Crippen molar-refractivity contribution in [3.8, 4) is 0 Å². The fraction of sp³-hybridized carbons (Fsp3) is 0. The molecule has 0 bridgehead atoms. The van der Waals surface area contributed by atoms with Crippen molar-refractivity contribution in [2.45, 2.75) is 0 Å². The molecule has 1 aromatic carbocycles. The van der Waals surface area contributed by atoms with E-state index in [0.717, 1.165) is 13.7 Å². The van der Waals surface area contributed by atoms with Crippen LogP contribution >= 0.6 is 62.1 Å². The van der Waals surface area contributed by atoms with Crippen molar-refractivity contribution in [1.82, 2.24) is 5.32 Å². The molecular formula is C12H8BrIN2OS2. The first-order valence-electron chi connectivity index (χ1n) is 5.17. The maximum absolute atomic E-state index is 11.8. The summed E-state index contributed by atoms with van der Waals surface area (Å²) in [5, 5.41) is 7.80. The molecule has 0 aliphatic heterocycles. The second-order valence-electron chi connectivity index (χ2n) is 3.51. The van der Waals surface area contributed by atoms with E-state index in [4.69, 9.17) is 12.2 Å². The summed E-state index contributed by atoms with van der Waals surface area (Å²) < 4.78 is 2.01. The predicted octanol–water partition coefficient (Wildman–Crippen LogP) is 4.24. The number of nitrogens with one attached hydrogen (secondary N) is 2. The lowest BCUT2D eigenvalue weighted by atomic mass is 10.3. The summed E-state index contributed by atoms with van der Waals surface area (Å²) in [6.07, 6.45) is 0. The molecule has 98 valence electrons. The number of benzene rings is 1. The van der Waals surface area contributed by atoms with Crippen molar-refractivity contribution >= 4 is 78.8 Å². The molecule has 0 spiro atoms. The smallest absolute Gasteiger partial charge is 0.267 e. The number of anilines is 1. The third-order valence-electron chi connectivity index (χ3n) is 2.15. The minimum absolute atomic E-state index is 0.195. The van der Waals surface area contributed by atoms with Crippen molar-refractivity contribution in [2.75, 3.05) is 5.32 Å². The Morgan fingerprint density at radius 2 is 2.16 bits per heavy atom. The van der Waals surface area contributed by atoms with Crippen LogP contribution < -0.4 is 10.6 Å². The van der Waals surface area contributed by atoms with Crippen LogP contribution in [0.1, 0.15) is 9.67 Å². The average Bonchev–Trinajstić information content (AvgIpc) is 2.86. The number of carbonyl (C=O) groups is 1. The molecule has 0 unspecified atom stereocenters. The summed E-state index contributed by atoms with van der Waals surface area (Å²) in [4.78, 5) is 12.4. The van der Waals surface area contributed by atoms with E-state index in [-0.39, 0.29) is 5.91 Å². The Morgan fingerprint density at radius 3 is 2.79 bits per heavy atom. The average molecular weight is 467 g/mol. The Morgan fingerprint density at radius 1 is 1.37 bits per heavy atom. The van der Waals surface area contributed by atoms with E-state index in [1.165, 1.54) is 11.3 Å². The SMILES string of the molecule is O=C(NC(=S)Nc1ccc(Br)cc1I)c1cccs1. The molecule has 2 rings (SSSR count). The van der Waals surface area contributed by atoms with Crippen LogP contribution in [0.4, 0.5) is 5.69 Å². The van der Waals surface area contributed by atoms with E-state index in [1.807, 2.05) is 29.6 Å². The molecule has 3 nitrogen and oxygen atoms in total. The van der Waals surface area contributed by atoms with Crippen molar-refractivity contribution in [1.29, 1.82) is 0 Å². The van der Waals surface area contributed by atoms with Gasteiger partial charge in [0.1, 0.15) is 0 Å². The highest BCUT2D eigenvalue weighted by atomic mass is 127. The van der Waals surface area contributed by atoms with E-state index < -0.39 is 0 Å². The predicted molar refractivity (Wildman–Crippen MR) is 94.9 cm³/mol. The van der Waals surface area contributed by atoms with Gasteiger partial charge < -0.3 is 5.32 Å². The maximum Gasteiger partial charge on any atom is 0.267 e. The summed E-state index contributed by atoms with van der Waals surface area (Å²) in [7, 11) is 0. The minimum Gasteiger partial charge on any atom is -0.332 e. The van der Waals surface area contributed by atoms with Crippen molar-refractivity contribution in [2.24, 2.45) is 0 Å². The second-order valence-corrected chi connectivity index (χ2v) is 6.94. The highest BCUT2D eigenvalue weighted by Crippen LogP contribution is 2.22. The molecule has 1 heterocycles. The fourth-order valence-electron chi connectivity index (χ4n) is 1.32. The van der Waals surface area contributed by atoms with E-state index in [9.17, 15) is 4.79 Å². The Kier molecular flexibility index (Phi) is 5.31. The van der Waals surface area contributed by atoms with Crippen molar-refractivity contribution in [3.05, 3.63) is 48.6 Å². The molecule has 0 aliphatic rings. The van der Waals surface area contributed by atoms with E-state index >= 15 is 0 Å². The minimum atomic E-state index is -0.195. The molecule has 0 radical (unpaired) electrons. The van der Waals surface area contributed by atoms with Gasteiger partial charge in [-0.1, -0.05) is 22.0 Å². The first-order valence-corrected chi connectivity index (χ1v) is 8.33. The van der Waals surface area contributed by atoms with Gasteiger partial charge in [0.2, 0.25) is 0 Å². The number of thiophene rings is 1. The number of hydrogen-bond acceptors (Lipinski definition) is 3. The number of amides is 1. The van der Waals surface area contributed by atoms with Gasteiger partial charge in [0.15, 0.2) is 5.11 Å². The zero-order valence-corrected chi connectivity index (χ0v) is 14.8. The first-order chi connectivity index (χ1) is 9.06. The molecular weight excluding hydrogens is 459 g/mol. The molecule has 7 heteroatoms. The largest absolute Gasteiger partial charge is 0.332 e. The van der Waals surface area contributed by atoms with Gasteiger partial charge in [-0.25, -0.2) is 0 Å². The molecule has 19 heavy (non-hydrogen) atoms. The van der Waals surface area contributed by atoms with Crippen LogP contribution in [0.15, 0.2) is 40.2 Å². The zero-order valence-electron chi connectivity index (χ0n) is 9.44. The van der Waals surface area contributed by atoms with Crippen LogP contribution in [0.2, 0.25) is 0 Å². The Balaban J connectivity index is 2.00. The number of thiocarbonyl (C=S) groups is 1. The van der Waals surface area contributed by atoms with E-state index in [1.54, 1.807) is 6.07 Å². The highest BCUT2D eigenvalue weighted by molar-refractivity contribution is 14.1. The summed E-state index contributed by atoms with van der Waals surface area (Å²) in [6, 6.07) is 9.36. The summed E-state index contributed by atoms with van der Waals surface area (Å²) in [5.74, 6) is -0.195. The van der Waals surface area contributed by atoms with Gasteiger partial charge >= 0.3 is 0 Å². The van der Waals surface area contributed by atoms with Gasteiger partial charge in [0.25, 0.3) is 5.91 Å². The lowest BCUT2D eigenvalue weighted by molar-refractivity contribution is 0.0981. The van der Waals surface area contributed by atoms with E-state index in [2.05, 4.69) is 49.2 Å². The topological polar surface area (TPSA) is 41.1 Å². The Labute approximate surface area is 142 Å². The van der Waals surface area contributed by atoms with Crippen molar-refractivity contribution < 1.29 is 4.79 Å².